The smallest absolute Gasteiger partial charge is 0.307 e. The fourth-order valence-electron chi connectivity index (χ4n) is 3.51. The minimum Gasteiger partial charge on any atom is -0.495 e. The van der Waals surface area contributed by atoms with Gasteiger partial charge in [0.25, 0.3) is 0 Å². The second-order valence-electron chi connectivity index (χ2n) is 5.67. The van der Waals surface area contributed by atoms with Crippen LogP contribution in [0, 0.1) is 23.7 Å². The summed E-state index contributed by atoms with van der Waals surface area (Å²) in [6.07, 6.45) is 4.58. The van der Waals surface area contributed by atoms with Crippen molar-refractivity contribution in [1.29, 1.82) is 0 Å². The summed E-state index contributed by atoms with van der Waals surface area (Å²) < 4.78 is 5.20. The molecule has 0 aromatic heterocycles. The lowest BCUT2D eigenvalue weighted by molar-refractivity contribution is -0.146. The monoisotopic (exact) mass is 321 g/mol. The van der Waals surface area contributed by atoms with E-state index in [1.165, 1.54) is 7.11 Å². The number of halogens is 1. The minimum absolute atomic E-state index is 0.0173. The molecule has 1 aromatic rings. The third kappa shape index (κ3) is 2.46. The second-order valence-corrected chi connectivity index (χ2v) is 6.11. The molecular weight excluding hydrogens is 306 g/mol. The Balaban J connectivity index is 1.84. The van der Waals surface area contributed by atoms with Crippen LogP contribution in [-0.4, -0.2) is 24.1 Å². The van der Waals surface area contributed by atoms with Gasteiger partial charge < -0.3 is 15.2 Å². The van der Waals surface area contributed by atoms with Crippen LogP contribution in [0.25, 0.3) is 0 Å². The van der Waals surface area contributed by atoms with Crippen LogP contribution in [0.4, 0.5) is 5.69 Å². The van der Waals surface area contributed by atoms with Crippen LogP contribution >= 0.6 is 11.6 Å². The number of benzene rings is 1. The van der Waals surface area contributed by atoms with Gasteiger partial charge in [-0.25, -0.2) is 0 Å². The van der Waals surface area contributed by atoms with Gasteiger partial charge in [0.2, 0.25) is 5.91 Å². The first kappa shape index (κ1) is 14.9. The molecule has 1 amide bonds. The van der Waals surface area contributed by atoms with E-state index in [1.807, 2.05) is 12.2 Å². The Morgan fingerprint density at radius 2 is 1.95 bits per heavy atom. The zero-order valence-corrected chi connectivity index (χ0v) is 12.7. The van der Waals surface area contributed by atoms with E-state index in [4.69, 9.17) is 16.3 Å². The first-order valence-corrected chi connectivity index (χ1v) is 7.44. The van der Waals surface area contributed by atoms with Crippen LogP contribution in [-0.2, 0) is 9.59 Å². The normalized spacial score (nSPS) is 28.6. The van der Waals surface area contributed by atoms with E-state index in [0.29, 0.717) is 16.5 Å². The number of rotatable bonds is 4. The lowest BCUT2D eigenvalue weighted by Crippen LogP contribution is -2.36. The van der Waals surface area contributed by atoms with Crippen molar-refractivity contribution in [2.24, 2.45) is 23.7 Å². The van der Waals surface area contributed by atoms with Gasteiger partial charge in [0, 0.05) is 5.02 Å². The summed E-state index contributed by atoms with van der Waals surface area (Å²) in [6, 6.07) is 4.92. The number of nitrogens with one attached hydrogen (secondary N) is 1. The average Bonchev–Trinajstić information content (AvgIpc) is 3.08. The lowest BCUT2D eigenvalue weighted by atomic mass is 9.82. The predicted molar refractivity (Wildman–Crippen MR) is 82.0 cm³/mol. The number of carboxylic acids is 1. The SMILES string of the molecule is COc1ccc(Cl)cc1NC(=O)[C@H]1[C@H](C(=O)O)[C@H]2C=C[C@H]1C2. The number of hydrogen-bond acceptors (Lipinski definition) is 3. The van der Waals surface area contributed by atoms with Gasteiger partial charge in [0.1, 0.15) is 5.75 Å². The van der Waals surface area contributed by atoms with E-state index in [1.54, 1.807) is 18.2 Å². The number of anilines is 1. The Morgan fingerprint density at radius 1 is 1.27 bits per heavy atom. The average molecular weight is 322 g/mol. The molecule has 1 aromatic carbocycles. The maximum atomic E-state index is 12.6. The van der Waals surface area contributed by atoms with Crippen LogP contribution in [0.1, 0.15) is 6.42 Å². The van der Waals surface area contributed by atoms with Gasteiger partial charge in [0.15, 0.2) is 0 Å². The molecule has 0 unspecified atom stereocenters. The molecular formula is C16H16ClNO4. The Hall–Kier alpha value is -2.01. The molecule has 5 nitrogen and oxygen atoms in total. The molecule has 2 aliphatic rings. The topological polar surface area (TPSA) is 75.6 Å². The highest BCUT2D eigenvalue weighted by atomic mass is 35.5. The highest BCUT2D eigenvalue weighted by Gasteiger charge is 2.51. The largest absolute Gasteiger partial charge is 0.495 e. The molecule has 1 fully saturated rings. The van der Waals surface area contributed by atoms with Crippen molar-refractivity contribution < 1.29 is 19.4 Å². The Bertz CT molecular complexity index is 658. The first-order valence-electron chi connectivity index (χ1n) is 7.07. The molecule has 2 bridgehead atoms. The summed E-state index contributed by atoms with van der Waals surface area (Å²) in [5.74, 6) is -2.03. The summed E-state index contributed by atoms with van der Waals surface area (Å²) in [5.41, 5.74) is 0.455. The minimum atomic E-state index is -0.921. The molecule has 3 rings (SSSR count). The number of amides is 1. The van der Waals surface area contributed by atoms with Crippen LogP contribution in [0.15, 0.2) is 30.4 Å². The van der Waals surface area contributed by atoms with Crippen molar-refractivity contribution in [3.8, 4) is 5.75 Å². The quantitative estimate of drug-likeness (QED) is 0.836. The third-order valence-corrected chi connectivity index (χ3v) is 4.70. The summed E-state index contributed by atoms with van der Waals surface area (Å²) in [5, 5.41) is 12.6. The van der Waals surface area contributed by atoms with Crippen molar-refractivity contribution >= 4 is 29.2 Å². The Morgan fingerprint density at radius 3 is 2.59 bits per heavy atom. The van der Waals surface area contributed by atoms with Gasteiger partial charge in [-0.05, 0) is 36.5 Å². The number of aliphatic carboxylic acids is 1. The number of fused-ring (bicyclic) bond motifs is 2. The van der Waals surface area contributed by atoms with Crippen LogP contribution in [0.3, 0.4) is 0 Å². The molecule has 22 heavy (non-hydrogen) atoms. The van der Waals surface area contributed by atoms with E-state index >= 15 is 0 Å². The number of carboxylic acid groups (broad SMARTS) is 1. The maximum Gasteiger partial charge on any atom is 0.307 e. The van der Waals surface area contributed by atoms with Gasteiger partial charge in [-0.3, -0.25) is 9.59 Å². The van der Waals surface area contributed by atoms with Gasteiger partial charge in [-0.2, -0.15) is 0 Å². The van der Waals surface area contributed by atoms with Crippen molar-refractivity contribution in [3.05, 3.63) is 35.4 Å². The molecule has 0 heterocycles. The summed E-state index contributed by atoms with van der Waals surface area (Å²) in [7, 11) is 1.50. The predicted octanol–water partition coefficient (Wildman–Crippen LogP) is 2.81. The van der Waals surface area contributed by atoms with Crippen molar-refractivity contribution in [2.45, 2.75) is 6.42 Å². The van der Waals surface area contributed by atoms with Crippen LogP contribution < -0.4 is 10.1 Å². The summed E-state index contributed by atoms with van der Waals surface area (Å²) in [4.78, 5) is 24.1. The molecule has 0 radical (unpaired) electrons. The van der Waals surface area contributed by atoms with Gasteiger partial charge in [-0.1, -0.05) is 23.8 Å². The van der Waals surface area contributed by atoms with E-state index in [0.717, 1.165) is 6.42 Å². The molecule has 116 valence electrons. The van der Waals surface area contributed by atoms with E-state index in [9.17, 15) is 14.7 Å². The zero-order chi connectivity index (χ0) is 15.9. The fourth-order valence-corrected chi connectivity index (χ4v) is 3.68. The van der Waals surface area contributed by atoms with Crippen molar-refractivity contribution in [3.63, 3.8) is 0 Å². The molecule has 6 heteroatoms. The molecule has 0 aliphatic heterocycles. The standard InChI is InChI=1S/C16H16ClNO4/c1-22-12-5-4-10(17)7-11(12)18-15(19)13-8-2-3-9(6-8)14(13)16(20)21/h2-5,7-9,13-14H,6H2,1H3,(H,18,19)(H,20,21)/t8-,9-,13+,14+/m0/s1. The number of ether oxygens (including phenoxy) is 1. The number of hydrogen-bond donors (Lipinski definition) is 2. The molecule has 0 spiro atoms. The van der Waals surface area contributed by atoms with Crippen LogP contribution in [0.5, 0.6) is 5.75 Å². The van der Waals surface area contributed by atoms with Crippen molar-refractivity contribution in [1.82, 2.24) is 0 Å². The third-order valence-electron chi connectivity index (χ3n) is 4.47. The highest BCUT2D eigenvalue weighted by molar-refractivity contribution is 6.31. The molecule has 0 saturated heterocycles. The van der Waals surface area contributed by atoms with Gasteiger partial charge in [-0.15, -0.1) is 0 Å². The first-order chi connectivity index (χ1) is 10.5. The number of methoxy groups -OCH3 is 1. The molecule has 4 atom stereocenters. The van der Waals surface area contributed by atoms with Gasteiger partial charge >= 0.3 is 5.97 Å². The zero-order valence-electron chi connectivity index (χ0n) is 12.0. The Labute approximate surface area is 132 Å². The number of allylic oxidation sites excluding steroid dienone is 2. The van der Waals surface area contributed by atoms with E-state index in [2.05, 4.69) is 5.32 Å². The number of carbonyl (C=O) groups excluding carboxylic acids is 1. The number of carbonyl (C=O) groups is 2. The highest BCUT2D eigenvalue weighted by Crippen LogP contribution is 2.48. The maximum absolute atomic E-state index is 12.6. The van der Waals surface area contributed by atoms with Crippen molar-refractivity contribution in [2.75, 3.05) is 12.4 Å². The van der Waals surface area contributed by atoms with Gasteiger partial charge in [0.05, 0.1) is 24.6 Å². The Kier molecular flexibility index (Phi) is 3.83. The summed E-state index contributed by atoms with van der Waals surface area (Å²) in [6.45, 7) is 0. The lowest BCUT2D eigenvalue weighted by Gasteiger charge is -2.24. The molecule has 1 saturated carbocycles. The van der Waals surface area contributed by atoms with Crippen LogP contribution in [0.2, 0.25) is 5.02 Å². The summed E-state index contributed by atoms with van der Waals surface area (Å²) >= 11 is 5.95. The fraction of sp³-hybridized carbons (Fsp3) is 0.375. The van der Waals surface area contributed by atoms with E-state index < -0.39 is 17.8 Å². The molecule has 2 aliphatic carbocycles. The molecule has 2 N–H and O–H groups in total. The second kappa shape index (κ2) is 5.65. The van der Waals surface area contributed by atoms with E-state index in [-0.39, 0.29) is 17.7 Å².